The van der Waals surface area contributed by atoms with E-state index in [0.29, 0.717) is 17.0 Å². The number of anilines is 1. The number of hydrogen-bond donors (Lipinski definition) is 1. The molecule has 0 bridgehead atoms. The maximum absolute atomic E-state index is 13.4. The Morgan fingerprint density at radius 2 is 1.90 bits per heavy atom. The largest absolute Gasteiger partial charge is 0.389 e. The topological polar surface area (TPSA) is 23.5 Å². The van der Waals surface area contributed by atoms with E-state index in [0.717, 1.165) is 18.5 Å². The first kappa shape index (κ1) is 15.3. The molecule has 1 aliphatic carbocycles. The lowest BCUT2D eigenvalue weighted by atomic mass is 9.75. The fourth-order valence-corrected chi connectivity index (χ4v) is 3.15. The standard InChI is InChI=1S/C17H26FNO/c1-12(20)15-11-13(18)5-6-16(15)19(4)14-7-9-17(2,3)10-8-14/h5-6,11-12,14,20H,7-10H2,1-4H3/t12-/m1/s1. The average Bonchev–Trinajstić information content (AvgIpc) is 2.37. The number of aliphatic hydroxyl groups is 1. The molecule has 1 aromatic rings. The number of benzene rings is 1. The highest BCUT2D eigenvalue weighted by Crippen LogP contribution is 2.38. The third kappa shape index (κ3) is 3.32. The van der Waals surface area contributed by atoms with E-state index in [9.17, 15) is 9.50 Å². The summed E-state index contributed by atoms with van der Waals surface area (Å²) < 4.78 is 13.4. The molecule has 0 heterocycles. The molecule has 1 aromatic carbocycles. The van der Waals surface area contributed by atoms with Crippen LogP contribution < -0.4 is 4.90 Å². The summed E-state index contributed by atoms with van der Waals surface area (Å²) in [5, 5.41) is 9.87. The summed E-state index contributed by atoms with van der Waals surface area (Å²) in [5.74, 6) is -0.289. The van der Waals surface area contributed by atoms with Crippen LogP contribution in [-0.4, -0.2) is 18.2 Å². The third-order valence-electron chi connectivity index (χ3n) is 4.68. The molecule has 1 saturated carbocycles. The molecular formula is C17H26FNO. The number of nitrogens with zero attached hydrogens (tertiary/aromatic N) is 1. The van der Waals surface area contributed by atoms with Crippen LogP contribution in [0, 0.1) is 11.2 Å². The second-order valence-corrected chi connectivity index (χ2v) is 6.89. The van der Waals surface area contributed by atoms with Crippen LogP contribution in [0.1, 0.15) is 58.1 Å². The molecule has 2 nitrogen and oxygen atoms in total. The molecule has 2 rings (SSSR count). The average molecular weight is 279 g/mol. The van der Waals surface area contributed by atoms with Crippen molar-refractivity contribution in [2.24, 2.45) is 5.41 Å². The molecular weight excluding hydrogens is 253 g/mol. The van der Waals surface area contributed by atoms with Gasteiger partial charge in [-0.05, 0) is 56.2 Å². The first-order valence-corrected chi connectivity index (χ1v) is 7.50. The Morgan fingerprint density at radius 3 is 2.45 bits per heavy atom. The predicted octanol–water partition coefficient (Wildman–Crippen LogP) is 4.28. The van der Waals surface area contributed by atoms with Crippen molar-refractivity contribution in [2.45, 2.75) is 58.6 Å². The fourth-order valence-electron chi connectivity index (χ4n) is 3.15. The predicted molar refractivity (Wildman–Crippen MR) is 81.5 cm³/mol. The molecule has 112 valence electrons. The van der Waals surface area contributed by atoms with Crippen molar-refractivity contribution in [1.29, 1.82) is 0 Å². The van der Waals surface area contributed by atoms with E-state index in [2.05, 4.69) is 25.8 Å². The summed E-state index contributed by atoms with van der Waals surface area (Å²) in [6, 6.07) is 5.19. The number of halogens is 1. The number of hydrogen-bond acceptors (Lipinski definition) is 2. The van der Waals surface area contributed by atoms with Gasteiger partial charge in [0.2, 0.25) is 0 Å². The molecule has 20 heavy (non-hydrogen) atoms. The maximum atomic E-state index is 13.4. The van der Waals surface area contributed by atoms with Gasteiger partial charge in [-0.25, -0.2) is 4.39 Å². The minimum Gasteiger partial charge on any atom is -0.389 e. The van der Waals surface area contributed by atoms with Gasteiger partial charge in [-0.2, -0.15) is 0 Å². The summed E-state index contributed by atoms with van der Waals surface area (Å²) in [5.41, 5.74) is 2.07. The van der Waals surface area contributed by atoms with Gasteiger partial charge in [0.1, 0.15) is 5.82 Å². The molecule has 0 aromatic heterocycles. The second-order valence-electron chi connectivity index (χ2n) is 6.89. The zero-order valence-corrected chi connectivity index (χ0v) is 13.0. The van der Waals surface area contributed by atoms with Gasteiger partial charge in [-0.15, -0.1) is 0 Å². The highest BCUT2D eigenvalue weighted by molar-refractivity contribution is 5.55. The van der Waals surface area contributed by atoms with Crippen molar-refractivity contribution in [3.63, 3.8) is 0 Å². The van der Waals surface area contributed by atoms with Gasteiger partial charge in [0, 0.05) is 24.3 Å². The lowest BCUT2D eigenvalue weighted by molar-refractivity contribution is 0.197. The summed E-state index contributed by atoms with van der Waals surface area (Å²) in [6.07, 6.45) is 4.09. The van der Waals surface area contributed by atoms with Gasteiger partial charge < -0.3 is 10.0 Å². The zero-order valence-electron chi connectivity index (χ0n) is 13.0. The molecule has 0 aliphatic heterocycles. The third-order valence-corrected chi connectivity index (χ3v) is 4.68. The normalized spacial score (nSPS) is 20.7. The fraction of sp³-hybridized carbons (Fsp3) is 0.647. The molecule has 1 aliphatic rings. The van der Waals surface area contributed by atoms with E-state index in [1.165, 1.54) is 25.0 Å². The van der Waals surface area contributed by atoms with E-state index < -0.39 is 6.10 Å². The van der Waals surface area contributed by atoms with Crippen molar-refractivity contribution in [3.05, 3.63) is 29.6 Å². The molecule has 1 atom stereocenters. The Hall–Kier alpha value is -1.09. The first-order chi connectivity index (χ1) is 9.30. The number of aliphatic hydroxyl groups excluding tert-OH is 1. The van der Waals surface area contributed by atoms with E-state index in [1.807, 2.05) is 0 Å². The first-order valence-electron chi connectivity index (χ1n) is 7.50. The van der Waals surface area contributed by atoms with Crippen LogP contribution in [0.3, 0.4) is 0 Å². The van der Waals surface area contributed by atoms with Crippen LogP contribution in [0.25, 0.3) is 0 Å². The zero-order chi connectivity index (χ0) is 14.9. The number of rotatable bonds is 3. The van der Waals surface area contributed by atoms with Gasteiger partial charge in [-0.3, -0.25) is 0 Å². The molecule has 0 unspecified atom stereocenters. The summed E-state index contributed by atoms with van der Waals surface area (Å²) >= 11 is 0. The summed E-state index contributed by atoms with van der Waals surface area (Å²) in [4.78, 5) is 2.22. The Labute approximate surface area is 121 Å². The SMILES string of the molecule is C[C@@H](O)c1cc(F)ccc1N(C)C1CCC(C)(C)CC1. The van der Waals surface area contributed by atoms with E-state index >= 15 is 0 Å². The van der Waals surface area contributed by atoms with Crippen LogP contribution in [0.5, 0.6) is 0 Å². The van der Waals surface area contributed by atoms with Crippen molar-refractivity contribution in [1.82, 2.24) is 0 Å². The molecule has 0 saturated heterocycles. The van der Waals surface area contributed by atoms with Crippen molar-refractivity contribution in [2.75, 3.05) is 11.9 Å². The minimum atomic E-state index is -0.650. The van der Waals surface area contributed by atoms with Gasteiger partial charge in [0.05, 0.1) is 6.10 Å². The molecule has 1 fully saturated rings. The monoisotopic (exact) mass is 279 g/mol. The quantitative estimate of drug-likeness (QED) is 0.892. The van der Waals surface area contributed by atoms with Crippen LogP contribution >= 0.6 is 0 Å². The van der Waals surface area contributed by atoms with E-state index in [-0.39, 0.29) is 5.82 Å². The van der Waals surface area contributed by atoms with Crippen LogP contribution in [0.2, 0.25) is 0 Å². The van der Waals surface area contributed by atoms with Crippen molar-refractivity contribution < 1.29 is 9.50 Å². The Kier molecular flexibility index (Phi) is 4.38. The summed E-state index contributed by atoms with van der Waals surface area (Å²) in [6.45, 7) is 6.33. The van der Waals surface area contributed by atoms with Gasteiger partial charge in [0.25, 0.3) is 0 Å². The van der Waals surface area contributed by atoms with Gasteiger partial charge in [0.15, 0.2) is 0 Å². The van der Waals surface area contributed by atoms with Crippen LogP contribution in [-0.2, 0) is 0 Å². The smallest absolute Gasteiger partial charge is 0.123 e. The van der Waals surface area contributed by atoms with Gasteiger partial charge >= 0.3 is 0 Å². The van der Waals surface area contributed by atoms with E-state index in [1.54, 1.807) is 13.0 Å². The molecule has 1 N–H and O–H groups in total. The lowest BCUT2D eigenvalue weighted by Crippen LogP contribution is -2.37. The molecule has 0 spiro atoms. The lowest BCUT2D eigenvalue weighted by Gasteiger charge is -2.40. The highest BCUT2D eigenvalue weighted by Gasteiger charge is 2.29. The maximum Gasteiger partial charge on any atom is 0.123 e. The molecule has 0 amide bonds. The Balaban J connectivity index is 2.19. The Bertz CT molecular complexity index is 460. The van der Waals surface area contributed by atoms with Crippen LogP contribution in [0.15, 0.2) is 18.2 Å². The van der Waals surface area contributed by atoms with E-state index in [4.69, 9.17) is 0 Å². The molecule has 3 heteroatoms. The summed E-state index contributed by atoms with van der Waals surface area (Å²) in [7, 11) is 2.06. The minimum absolute atomic E-state index is 0.289. The van der Waals surface area contributed by atoms with Crippen LogP contribution in [0.4, 0.5) is 10.1 Å². The molecule has 0 radical (unpaired) electrons. The Morgan fingerprint density at radius 1 is 1.30 bits per heavy atom. The van der Waals surface area contributed by atoms with Crippen molar-refractivity contribution >= 4 is 5.69 Å². The van der Waals surface area contributed by atoms with Gasteiger partial charge in [-0.1, -0.05) is 13.8 Å². The highest BCUT2D eigenvalue weighted by atomic mass is 19.1. The van der Waals surface area contributed by atoms with Crippen molar-refractivity contribution in [3.8, 4) is 0 Å². The second kappa shape index (κ2) is 5.72.